The molecule has 5 nitrogen and oxygen atoms in total. The minimum Gasteiger partial charge on any atom is -0.481 e. The van der Waals surface area contributed by atoms with E-state index in [4.69, 9.17) is 5.11 Å². The van der Waals surface area contributed by atoms with Crippen molar-refractivity contribution in [3.63, 3.8) is 0 Å². The molecule has 0 bridgehead atoms. The Balaban J connectivity index is 2.34. The molecule has 2 heterocycles. The molecule has 7 heteroatoms. The highest BCUT2D eigenvalue weighted by molar-refractivity contribution is 7.91. The molecule has 2 atom stereocenters. The van der Waals surface area contributed by atoms with E-state index in [0.717, 1.165) is 10.4 Å². The van der Waals surface area contributed by atoms with Gasteiger partial charge < -0.3 is 5.11 Å². The Morgan fingerprint density at radius 1 is 1.40 bits per heavy atom. The molecule has 1 aromatic rings. The van der Waals surface area contributed by atoms with Crippen LogP contribution in [-0.4, -0.2) is 36.9 Å². The average molecular weight is 317 g/mol. The Hall–Kier alpha value is -0.920. The van der Waals surface area contributed by atoms with Gasteiger partial charge in [0.05, 0.1) is 5.92 Å². The minimum atomic E-state index is -3.58. The monoisotopic (exact) mass is 317 g/mol. The molecule has 0 aromatic carbocycles. The molecule has 1 fully saturated rings. The first-order valence-electron chi connectivity index (χ1n) is 6.51. The quantitative estimate of drug-likeness (QED) is 0.926. The highest BCUT2D eigenvalue weighted by atomic mass is 32.2. The molecule has 2 unspecified atom stereocenters. The third-order valence-corrected chi connectivity index (χ3v) is 7.14. The van der Waals surface area contributed by atoms with Crippen molar-refractivity contribution in [2.24, 2.45) is 11.8 Å². The number of sulfonamides is 1. The van der Waals surface area contributed by atoms with E-state index in [2.05, 4.69) is 0 Å². The van der Waals surface area contributed by atoms with Gasteiger partial charge in [0.15, 0.2) is 0 Å². The average Bonchev–Trinajstić information content (AvgIpc) is 2.68. The van der Waals surface area contributed by atoms with Crippen molar-refractivity contribution < 1.29 is 18.3 Å². The molecule has 1 N–H and O–H groups in total. The van der Waals surface area contributed by atoms with Crippen LogP contribution in [0.5, 0.6) is 0 Å². The van der Waals surface area contributed by atoms with Crippen molar-refractivity contribution in [1.82, 2.24) is 4.31 Å². The third kappa shape index (κ3) is 2.89. The van der Waals surface area contributed by atoms with Crippen LogP contribution in [0.25, 0.3) is 0 Å². The smallest absolute Gasteiger partial charge is 0.307 e. The number of aliphatic carboxylic acids is 1. The highest BCUT2D eigenvalue weighted by Crippen LogP contribution is 2.32. The first kappa shape index (κ1) is 15.5. The summed E-state index contributed by atoms with van der Waals surface area (Å²) in [5.41, 5.74) is 0.734. The van der Waals surface area contributed by atoms with Gasteiger partial charge in [-0.05, 0) is 37.8 Å². The zero-order valence-corrected chi connectivity index (χ0v) is 13.4. The SMILES string of the molecule is Cc1cc(C)c(S(=O)(=O)N2CC(C)CC(C(=O)O)C2)s1. The molecule has 20 heavy (non-hydrogen) atoms. The van der Waals surface area contributed by atoms with Crippen molar-refractivity contribution in [2.75, 3.05) is 13.1 Å². The summed E-state index contributed by atoms with van der Waals surface area (Å²) >= 11 is 1.25. The number of carbonyl (C=O) groups is 1. The van der Waals surface area contributed by atoms with Crippen LogP contribution in [0.1, 0.15) is 23.8 Å². The largest absolute Gasteiger partial charge is 0.481 e. The Kier molecular flexibility index (Phi) is 4.22. The number of nitrogens with zero attached hydrogens (tertiary/aromatic N) is 1. The van der Waals surface area contributed by atoms with Crippen molar-refractivity contribution in [1.29, 1.82) is 0 Å². The second kappa shape index (κ2) is 5.46. The Morgan fingerprint density at radius 3 is 2.55 bits per heavy atom. The van der Waals surface area contributed by atoms with Crippen molar-refractivity contribution >= 4 is 27.3 Å². The van der Waals surface area contributed by atoms with E-state index in [1.807, 2.05) is 19.9 Å². The summed E-state index contributed by atoms with van der Waals surface area (Å²) in [6.07, 6.45) is 0.532. The molecule has 112 valence electrons. The Labute approximate surface area is 123 Å². The van der Waals surface area contributed by atoms with E-state index in [1.54, 1.807) is 6.92 Å². The molecule has 0 spiro atoms. The fourth-order valence-electron chi connectivity index (χ4n) is 2.67. The molecule has 2 rings (SSSR count). The van der Waals surface area contributed by atoms with E-state index < -0.39 is 21.9 Å². The molecule has 0 saturated carbocycles. The van der Waals surface area contributed by atoms with Crippen LogP contribution in [0.3, 0.4) is 0 Å². The summed E-state index contributed by atoms with van der Waals surface area (Å²) in [5, 5.41) is 9.15. The number of piperidine rings is 1. The first-order valence-corrected chi connectivity index (χ1v) is 8.77. The number of hydrogen-bond acceptors (Lipinski definition) is 4. The lowest BCUT2D eigenvalue weighted by molar-refractivity contribution is -0.143. The lowest BCUT2D eigenvalue weighted by Crippen LogP contribution is -2.45. The van der Waals surface area contributed by atoms with Crippen LogP contribution < -0.4 is 0 Å². The first-order chi connectivity index (χ1) is 9.21. The lowest BCUT2D eigenvalue weighted by Gasteiger charge is -2.33. The number of rotatable bonds is 3. The summed E-state index contributed by atoms with van der Waals surface area (Å²) in [7, 11) is -3.58. The van der Waals surface area contributed by atoms with E-state index in [0.29, 0.717) is 17.2 Å². The zero-order chi connectivity index (χ0) is 15.1. The van der Waals surface area contributed by atoms with Gasteiger partial charge in [0.2, 0.25) is 0 Å². The van der Waals surface area contributed by atoms with Crippen molar-refractivity contribution in [3.8, 4) is 0 Å². The zero-order valence-electron chi connectivity index (χ0n) is 11.8. The summed E-state index contributed by atoms with van der Waals surface area (Å²) < 4.78 is 27.0. The van der Waals surface area contributed by atoms with E-state index in [1.165, 1.54) is 15.6 Å². The number of carboxylic acids is 1. The third-order valence-electron chi connectivity index (χ3n) is 3.55. The molecular weight excluding hydrogens is 298 g/mol. The van der Waals surface area contributed by atoms with Gasteiger partial charge in [-0.15, -0.1) is 11.3 Å². The Morgan fingerprint density at radius 2 is 2.05 bits per heavy atom. The molecule has 1 aliphatic heterocycles. The van der Waals surface area contributed by atoms with Crippen molar-refractivity contribution in [3.05, 3.63) is 16.5 Å². The van der Waals surface area contributed by atoms with E-state index in [9.17, 15) is 13.2 Å². The summed E-state index contributed by atoms with van der Waals surface area (Å²) in [5.74, 6) is -1.48. The number of thiophene rings is 1. The van der Waals surface area contributed by atoms with Gasteiger partial charge in [0.25, 0.3) is 10.0 Å². The van der Waals surface area contributed by atoms with E-state index >= 15 is 0 Å². The lowest BCUT2D eigenvalue weighted by atomic mass is 9.92. The van der Waals surface area contributed by atoms with Crippen LogP contribution in [0.4, 0.5) is 0 Å². The normalized spacial score (nSPS) is 24.8. The predicted molar refractivity (Wildman–Crippen MR) is 77.5 cm³/mol. The van der Waals surface area contributed by atoms with Gasteiger partial charge >= 0.3 is 5.97 Å². The fourth-order valence-corrected chi connectivity index (χ4v) is 6.08. The number of hydrogen-bond donors (Lipinski definition) is 1. The highest BCUT2D eigenvalue weighted by Gasteiger charge is 2.37. The fraction of sp³-hybridized carbons (Fsp3) is 0.615. The van der Waals surface area contributed by atoms with Gasteiger partial charge in [-0.2, -0.15) is 4.31 Å². The summed E-state index contributed by atoms with van der Waals surface area (Å²) in [6, 6.07) is 1.85. The van der Waals surface area contributed by atoms with E-state index in [-0.39, 0.29) is 12.5 Å². The van der Waals surface area contributed by atoms with Gasteiger partial charge in [-0.1, -0.05) is 6.92 Å². The predicted octanol–water partition coefficient (Wildman–Crippen LogP) is 2.10. The van der Waals surface area contributed by atoms with Crippen molar-refractivity contribution in [2.45, 2.75) is 31.4 Å². The van der Waals surface area contributed by atoms with Crippen LogP contribution in [-0.2, 0) is 14.8 Å². The second-order valence-electron chi connectivity index (χ2n) is 5.53. The Bertz CT molecular complexity index is 620. The van der Waals surface area contributed by atoms with Crippen LogP contribution in [0.2, 0.25) is 0 Å². The van der Waals surface area contributed by atoms with Crippen LogP contribution in [0, 0.1) is 25.7 Å². The molecule has 0 aliphatic carbocycles. The van der Waals surface area contributed by atoms with Gasteiger partial charge in [-0.3, -0.25) is 4.79 Å². The summed E-state index contributed by atoms with van der Waals surface area (Å²) in [4.78, 5) is 12.1. The van der Waals surface area contributed by atoms with Crippen LogP contribution >= 0.6 is 11.3 Å². The maximum Gasteiger partial charge on any atom is 0.307 e. The minimum absolute atomic E-state index is 0.0565. The summed E-state index contributed by atoms with van der Waals surface area (Å²) in [6.45, 7) is 6.00. The molecule has 0 amide bonds. The molecule has 0 radical (unpaired) electrons. The van der Waals surface area contributed by atoms with Gasteiger partial charge in [0, 0.05) is 18.0 Å². The second-order valence-corrected chi connectivity index (χ2v) is 8.92. The molecule has 1 aliphatic rings. The van der Waals surface area contributed by atoms with Gasteiger partial charge in [-0.25, -0.2) is 8.42 Å². The standard InChI is InChI=1S/C13H19NO4S2/c1-8-4-11(12(15)16)7-14(6-8)20(17,18)13-9(2)5-10(3)19-13/h5,8,11H,4,6-7H2,1-3H3,(H,15,16). The number of carboxylic acid groups (broad SMARTS) is 1. The maximum absolute atomic E-state index is 12.7. The maximum atomic E-state index is 12.7. The molecule has 1 saturated heterocycles. The molecular formula is C13H19NO4S2. The molecule has 1 aromatic heterocycles. The van der Waals surface area contributed by atoms with Gasteiger partial charge in [0.1, 0.15) is 4.21 Å². The number of aryl methyl sites for hydroxylation is 2. The van der Waals surface area contributed by atoms with Crippen LogP contribution in [0.15, 0.2) is 10.3 Å². The topological polar surface area (TPSA) is 74.7 Å².